The van der Waals surface area contributed by atoms with Crippen molar-refractivity contribution in [3.63, 3.8) is 0 Å². The molecule has 2 saturated carbocycles. The number of carbonyl (C=O) groups is 1. The molecule has 1 aromatic carbocycles. The Morgan fingerprint density at radius 1 is 1.22 bits per heavy atom. The summed E-state index contributed by atoms with van der Waals surface area (Å²) in [5.74, 6) is 0.467. The lowest BCUT2D eigenvalue weighted by molar-refractivity contribution is -0.142. The van der Waals surface area contributed by atoms with E-state index in [9.17, 15) is 15.2 Å². The molecular formula is C22H27NO4. The summed E-state index contributed by atoms with van der Waals surface area (Å²) >= 11 is 0. The molecule has 0 bridgehead atoms. The highest BCUT2D eigenvalue weighted by Crippen LogP contribution is 2.53. The average Bonchev–Trinajstić information content (AvgIpc) is 3.21. The first-order valence-corrected chi connectivity index (χ1v) is 10.1. The van der Waals surface area contributed by atoms with E-state index in [0.717, 1.165) is 48.3 Å². The Hall–Kier alpha value is -2.22. The van der Waals surface area contributed by atoms with Gasteiger partial charge in [0.1, 0.15) is 5.60 Å². The van der Waals surface area contributed by atoms with Gasteiger partial charge in [-0.15, -0.1) is 0 Å². The number of carboxylic acid groups (broad SMARTS) is 1. The molecule has 5 nitrogen and oxygen atoms in total. The maximum absolute atomic E-state index is 11.5. The van der Waals surface area contributed by atoms with Crippen LogP contribution < -0.4 is 9.47 Å². The minimum Gasteiger partial charge on any atom is -0.493 e. The Balaban J connectivity index is 1.75. The summed E-state index contributed by atoms with van der Waals surface area (Å²) in [6.45, 7) is 0. The lowest BCUT2D eigenvalue weighted by atomic mass is 9.72. The molecule has 4 rings (SSSR count). The highest BCUT2D eigenvalue weighted by Gasteiger charge is 2.47. The topological polar surface area (TPSA) is 79.5 Å². The van der Waals surface area contributed by atoms with Gasteiger partial charge >= 0.3 is 5.97 Å². The molecule has 3 aliphatic rings. The molecule has 2 aliphatic carbocycles. The smallest absolute Gasteiger partial charge is 0.306 e. The molecule has 2 fully saturated rings. The first kappa shape index (κ1) is 18.2. The summed E-state index contributed by atoms with van der Waals surface area (Å²) in [6, 6.07) is 6.53. The van der Waals surface area contributed by atoms with Crippen molar-refractivity contribution in [3.8, 4) is 17.6 Å². The van der Waals surface area contributed by atoms with Gasteiger partial charge in [0.2, 0.25) is 0 Å². The molecule has 2 atom stereocenters. The van der Waals surface area contributed by atoms with Gasteiger partial charge in [0.05, 0.1) is 24.5 Å². The van der Waals surface area contributed by atoms with Crippen LogP contribution in [0.3, 0.4) is 0 Å². The number of methoxy groups -OCH3 is 1. The van der Waals surface area contributed by atoms with Crippen LogP contribution in [0.5, 0.6) is 11.5 Å². The third kappa shape index (κ3) is 2.96. The number of ether oxygens (including phenoxy) is 2. The Kier molecular flexibility index (Phi) is 4.53. The van der Waals surface area contributed by atoms with Gasteiger partial charge in [-0.25, -0.2) is 0 Å². The highest BCUT2D eigenvalue weighted by atomic mass is 16.5. The molecule has 0 aromatic heterocycles. The first-order valence-electron chi connectivity index (χ1n) is 10.1. The van der Waals surface area contributed by atoms with E-state index in [2.05, 4.69) is 6.07 Å². The number of carboxylic acids is 1. The maximum atomic E-state index is 11.5. The Morgan fingerprint density at radius 2 is 2.00 bits per heavy atom. The van der Waals surface area contributed by atoms with Crippen LogP contribution in [-0.4, -0.2) is 23.8 Å². The van der Waals surface area contributed by atoms with Crippen molar-refractivity contribution in [1.29, 1.82) is 5.26 Å². The Bertz CT molecular complexity index is 790. The van der Waals surface area contributed by atoms with E-state index in [-0.39, 0.29) is 11.5 Å². The normalized spacial score (nSPS) is 28.8. The van der Waals surface area contributed by atoms with Crippen LogP contribution in [0.4, 0.5) is 0 Å². The highest BCUT2D eigenvalue weighted by molar-refractivity contribution is 5.70. The third-order valence-electron chi connectivity index (χ3n) is 6.93. The molecule has 1 N–H and O–H groups in total. The van der Waals surface area contributed by atoms with Gasteiger partial charge in [0, 0.05) is 12.0 Å². The largest absolute Gasteiger partial charge is 0.493 e. The summed E-state index contributed by atoms with van der Waals surface area (Å²) < 4.78 is 12.0. The number of benzene rings is 1. The number of hydrogen-bond donors (Lipinski definition) is 1. The van der Waals surface area contributed by atoms with E-state index in [1.165, 1.54) is 12.8 Å². The fraction of sp³-hybridized carbons (Fsp3) is 0.636. The minimum absolute atomic E-state index is 0.142. The van der Waals surface area contributed by atoms with E-state index >= 15 is 0 Å². The summed E-state index contributed by atoms with van der Waals surface area (Å²) in [6.07, 6.45) is 8.54. The zero-order valence-electron chi connectivity index (χ0n) is 15.9. The fourth-order valence-electron chi connectivity index (χ4n) is 5.40. The van der Waals surface area contributed by atoms with Crippen molar-refractivity contribution >= 4 is 5.97 Å². The molecule has 1 heterocycles. The summed E-state index contributed by atoms with van der Waals surface area (Å²) in [7, 11) is 1.65. The minimum atomic E-state index is -0.739. The average molecular weight is 369 g/mol. The van der Waals surface area contributed by atoms with Gasteiger partial charge in [0.25, 0.3) is 0 Å². The molecule has 5 heteroatoms. The van der Waals surface area contributed by atoms with Gasteiger partial charge in [-0.3, -0.25) is 4.79 Å². The Morgan fingerprint density at radius 3 is 2.67 bits per heavy atom. The number of fused-ring (bicyclic) bond motifs is 1. The molecule has 0 radical (unpaired) electrons. The van der Waals surface area contributed by atoms with Gasteiger partial charge in [-0.2, -0.15) is 5.26 Å². The molecule has 0 saturated heterocycles. The van der Waals surface area contributed by atoms with Gasteiger partial charge < -0.3 is 14.6 Å². The van der Waals surface area contributed by atoms with Crippen LogP contribution in [0.15, 0.2) is 12.1 Å². The van der Waals surface area contributed by atoms with Crippen molar-refractivity contribution in [3.05, 3.63) is 23.3 Å². The van der Waals surface area contributed by atoms with Crippen molar-refractivity contribution in [2.75, 3.05) is 7.11 Å². The second-order valence-electron chi connectivity index (χ2n) is 8.45. The lowest BCUT2D eigenvalue weighted by Crippen LogP contribution is -2.31. The van der Waals surface area contributed by atoms with E-state index in [1.54, 1.807) is 7.11 Å². The molecule has 2 unspecified atom stereocenters. The van der Waals surface area contributed by atoms with Gasteiger partial charge in [0.15, 0.2) is 11.5 Å². The zero-order chi connectivity index (χ0) is 19.1. The number of hydrogen-bond acceptors (Lipinski definition) is 4. The molecule has 27 heavy (non-hydrogen) atoms. The summed E-state index contributed by atoms with van der Waals surface area (Å²) in [5, 5.41) is 19.6. The second kappa shape index (κ2) is 6.74. The molecular weight excluding hydrogens is 342 g/mol. The molecule has 1 aromatic rings. The number of rotatable bonds is 3. The van der Waals surface area contributed by atoms with E-state index < -0.39 is 11.4 Å². The predicted molar refractivity (Wildman–Crippen MR) is 100 cm³/mol. The van der Waals surface area contributed by atoms with Gasteiger partial charge in [-0.1, -0.05) is 12.5 Å². The summed E-state index contributed by atoms with van der Waals surface area (Å²) in [5.41, 5.74) is 1.38. The maximum Gasteiger partial charge on any atom is 0.306 e. The third-order valence-corrected chi connectivity index (χ3v) is 6.93. The monoisotopic (exact) mass is 369 g/mol. The fourth-order valence-corrected chi connectivity index (χ4v) is 5.40. The lowest BCUT2D eigenvalue weighted by Gasteiger charge is -2.28. The van der Waals surface area contributed by atoms with Crippen molar-refractivity contribution in [2.45, 2.75) is 75.2 Å². The first-order chi connectivity index (χ1) is 13.0. The quantitative estimate of drug-likeness (QED) is 0.800. The molecule has 1 aliphatic heterocycles. The van der Waals surface area contributed by atoms with Crippen LogP contribution in [0.25, 0.3) is 0 Å². The molecule has 1 spiro atoms. The van der Waals surface area contributed by atoms with Crippen LogP contribution in [0.2, 0.25) is 0 Å². The summed E-state index contributed by atoms with van der Waals surface area (Å²) in [4.78, 5) is 11.5. The van der Waals surface area contributed by atoms with Crippen molar-refractivity contribution in [1.82, 2.24) is 0 Å². The number of nitrogens with zero attached hydrogens (tertiary/aromatic N) is 1. The van der Waals surface area contributed by atoms with Crippen LogP contribution in [0.1, 0.15) is 68.9 Å². The van der Waals surface area contributed by atoms with E-state index in [0.29, 0.717) is 25.7 Å². The molecule has 144 valence electrons. The van der Waals surface area contributed by atoms with Crippen molar-refractivity contribution in [2.24, 2.45) is 5.92 Å². The SMILES string of the molecule is COc1ccc(C2(C#N)CCCC(C(=O)O)CC2)c2c1OC1(CCCC1)C2. The second-order valence-corrected chi connectivity index (χ2v) is 8.45. The molecule has 0 amide bonds. The van der Waals surface area contributed by atoms with Crippen molar-refractivity contribution < 1.29 is 19.4 Å². The number of aliphatic carboxylic acids is 1. The predicted octanol–water partition coefficient (Wildman–Crippen LogP) is 4.37. The van der Waals surface area contributed by atoms with Gasteiger partial charge in [-0.05, 0) is 63.0 Å². The van der Waals surface area contributed by atoms with Crippen LogP contribution >= 0.6 is 0 Å². The standard InChI is InChI=1S/C22H27NO4/c1-26-18-7-6-17(16-13-22(27-19(16)18)10-2-3-11-22)21(14-23)9-4-5-15(8-12-21)20(24)25/h6-7,15H,2-5,8-13H2,1H3,(H,24,25). The number of nitriles is 1. The van der Waals surface area contributed by atoms with Crippen LogP contribution in [0, 0.1) is 17.2 Å². The van der Waals surface area contributed by atoms with Crippen LogP contribution in [-0.2, 0) is 16.6 Å². The Labute approximate surface area is 160 Å². The van der Waals surface area contributed by atoms with E-state index in [4.69, 9.17) is 9.47 Å². The van der Waals surface area contributed by atoms with E-state index in [1.807, 2.05) is 12.1 Å². The zero-order valence-corrected chi connectivity index (χ0v) is 15.9.